The SMILES string of the molecule is Cn1c(O)c(/C=C2/C(c3ccccc3)=Nc3ccccc32)c(=O)n(C)c1=S. The molecule has 1 N–H and O–H groups in total. The molecule has 0 unspecified atom stereocenters. The molecule has 1 aliphatic heterocycles. The van der Waals surface area contributed by atoms with E-state index in [2.05, 4.69) is 0 Å². The maximum absolute atomic E-state index is 12.7. The van der Waals surface area contributed by atoms with Crippen molar-refractivity contribution < 1.29 is 5.11 Å². The van der Waals surface area contributed by atoms with E-state index in [0.29, 0.717) is 0 Å². The smallest absolute Gasteiger partial charge is 0.265 e. The van der Waals surface area contributed by atoms with Crippen LogP contribution in [0.3, 0.4) is 0 Å². The number of hydrogen-bond donors (Lipinski definition) is 1. The van der Waals surface area contributed by atoms with Gasteiger partial charge >= 0.3 is 0 Å². The molecule has 0 aliphatic carbocycles. The van der Waals surface area contributed by atoms with E-state index in [1.54, 1.807) is 20.2 Å². The van der Waals surface area contributed by atoms with Crippen LogP contribution in [-0.4, -0.2) is 20.0 Å². The van der Waals surface area contributed by atoms with Crippen LogP contribution in [0.2, 0.25) is 0 Å². The van der Waals surface area contributed by atoms with Gasteiger partial charge in [0.1, 0.15) is 5.56 Å². The molecule has 27 heavy (non-hydrogen) atoms. The average Bonchev–Trinajstić information content (AvgIpc) is 3.07. The Morgan fingerprint density at radius 2 is 1.67 bits per heavy atom. The van der Waals surface area contributed by atoms with Crippen LogP contribution < -0.4 is 5.56 Å². The number of nitrogens with zero attached hydrogens (tertiary/aromatic N) is 3. The number of benzene rings is 2. The Labute approximate surface area is 161 Å². The number of aromatic nitrogens is 2. The number of aliphatic imine (C=N–C) groups is 1. The van der Waals surface area contributed by atoms with Gasteiger partial charge in [-0.1, -0.05) is 48.5 Å². The summed E-state index contributed by atoms with van der Waals surface area (Å²) < 4.78 is 3.02. The van der Waals surface area contributed by atoms with E-state index in [1.165, 1.54) is 9.13 Å². The molecule has 134 valence electrons. The molecule has 0 saturated heterocycles. The van der Waals surface area contributed by atoms with Crippen LogP contribution in [0.4, 0.5) is 5.69 Å². The highest BCUT2D eigenvalue weighted by atomic mass is 32.1. The van der Waals surface area contributed by atoms with Crippen LogP contribution in [0.5, 0.6) is 5.88 Å². The Balaban J connectivity index is 2.01. The largest absolute Gasteiger partial charge is 0.494 e. The van der Waals surface area contributed by atoms with Gasteiger partial charge in [0.25, 0.3) is 5.56 Å². The van der Waals surface area contributed by atoms with Crippen molar-refractivity contribution in [3.8, 4) is 5.88 Å². The van der Waals surface area contributed by atoms with E-state index in [0.717, 1.165) is 28.1 Å². The highest BCUT2D eigenvalue weighted by Crippen LogP contribution is 2.38. The third-order valence-corrected chi connectivity index (χ3v) is 5.23. The summed E-state index contributed by atoms with van der Waals surface area (Å²) in [5.41, 5.74) is 4.10. The van der Waals surface area contributed by atoms with E-state index < -0.39 is 0 Å². The fourth-order valence-corrected chi connectivity index (χ4v) is 3.37. The van der Waals surface area contributed by atoms with Crippen molar-refractivity contribution in [3.63, 3.8) is 0 Å². The molecule has 1 aliphatic rings. The van der Waals surface area contributed by atoms with Crippen LogP contribution in [0.25, 0.3) is 11.6 Å². The van der Waals surface area contributed by atoms with Crippen molar-refractivity contribution in [2.45, 2.75) is 0 Å². The Morgan fingerprint density at radius 1 is 1.00 bits per heavy atom. The molecular formula is C21H17N3O2S. The summed E-state index contributed by atoms with van der Waals surface area (Å²) in [6.45, 7) is 0. The van der Waals surface area contributed by atoms with Crippen molar-refractivity contribution in [2.24, 2.45) is 19.1 Å². The zero-order valence-electron chi connectivity index (χ0n) is 14.9. The maximum Gasteiger partial charge on any atom is 0.265 e. The van der Waals surface area contributed by atoms with E-state index in [4.69, 9.17) is 17.2 Å². The lowest BCUT2D eigenvalue weighted by atomic mass is 9.96. The molecular weight excluding hydrogens is 358 g/mol. The van der Waals surface area contributed by atoms with Gasteiger partial charge in [0.2, 0.25) is 5.88 Å². The highest BCUT2D eigenvalue weighted by molar-refractivity contribution is 7.71. The number of hydrogen-bond acceptors (Lipinski definition) is 4. The van der Waals surface area contributed by atoms with Crippen LogP contribution >= 0.6 is 12.2 Å². The lowest BCUT2D eigenvalue weighted by Crippen LogP contribution is -2.24. The van der Waals surface area contributed by atoms with Crippen molar-refractivity contribution in [3.05, 3.63) is 86.4 Å². The van der Waals surface area contributed by atoms with Gasteiger partial charge in [0, 0.05) is 30.8 Å². The Kier molecular flexibility index (Phi) is 4.12. The normalized spacial score (nSPS) is 14.3. The Morgan fingerprint density at radius 3 is 2.41 bits per heavy atom. The number of para-hydroxylation sites is 1. The van der Waals surface area contributed by atoms with E-state index in [9.17, 15) is 9.90 Å². The summed E-state index contributed by atoms with van der Waals surface area (Å²) in [5, 5.41) is 10.5. The zero-order chi connectivity index (χ0) is 19.1. The first-order chi connectivity index (χ1) is 13.0. The second kappa shape index (κ2) is 6.48. The van der Waals surface area contributed by atoms with E-state index in [1.807, 2.05) is 54.6 Å². The van der Waals surface area contributed by atoms with Crippen molar-refractivity contribution in [1.82, 2.24) is 9.13 Å². The van der Waals surface area contributed by atoms with Crippen molar-refractivity contribution >= 4 is 35.3 Å². The first-order valence-corrected chi connectivity index (χ1v) is 8.84. The third-order valence-electron chi connectivity index (χ3n) is 4.69. The summed E-state index contributed by atoms with van der Waals surface area (Å²) in [7, 11) is 3.23. The predicted octanol–water partition coefficient (Wildman–Crippen LogP) is 3.83. The van der Waals surface area contributed by atoms with Gasteiger partial charge in [0.05, 0.1) is 11.4 Å². The third kappa shape index (κ3) is 2.74. The van der Waals surface area contributed by atoms with Crippen LogP contribution in [0, 0.1) is 4.77 Å². The standard InChI is InChI=1S/C21H17N3O2S/c1-23-19(25)16(20(26)24(2)21(23)27)12-15-14-10-6-7-11-17(14)22-18(15)13-8-4-3-5-9-13/h3-12,25H,1-2H3/b15-12+. The monoisotopic (exact) mass is 375 g/mol. The van der Waals surface area contributed by atoms with Gasteiger partial charge in [0.15, 0.2) is 4.77 Å². The second-order valence-corrected chi connectivity index (χ2v) is 6.71. The summed E-state index contributed by atoms with van der Waals surface area (Å²) in [6, 6.07) is 17.5. The minimum Gasteiger partial charge on any atom is -0.494 e. The minimum atomic E-state index is -0.347. The number of fused-ring (bicyclic) bond motifs is 1. The van der Waals surface area contributed by atoms with Gasteiger partial charge in [-0.05, 0) is 24.4 Å². The summed E-state index contributed by atoms with van der Waals surface area (Å²) in [5.74, 6) is -0.160. The molecule has 2 aromatic carbocycles. The van der Waals surface area contributed by atoms with Gasteiger partial charge in [-0.3, -0.25) is 13.9 Å². The van der Waals surface area contributed by atoms with E-state index in [-0.39, 0.29) is 21.8 Å². The zero-order valence-corrected chi connectivity index (χ0v) is 15.7. The fourth-order valence-electron chi connectivity index (χ4n) is 3.20. The lowest BCUT2D eigenvalue weighted by molar-refractivity contribution is 0.414. The molecule has 3 aromatic rings. The molecule has 0 amide bonds. The summed E-state index contributed by atoms with van der Waals surface area (Å²) in [6.07, 6.45) is 1.70. The highest BCUT2D eigenvalue weighted by Gasteiger charge is 2.23. The molecule has 0 fully saturated rings. The lowest BCUT2D eigenvalue weighted by Gasteiger charge is -2.11. The number of allylic oxidation sites excluding steroid dienone is 1. The average molecular weight is 375 g/mol. The molecule has 5 nitrogen and oxygen atoms in total. The quantitative estimate of drug-likeness (QED) is 0.693. The number of aromatic hydroxyl groups is 1. The van der Waals surface area contributed by atoms with Gasteiger partial charge in [-0.15, -0.1) is 0 Å². The topological polar surface area (TPSA) is 59.5 Å². The number of rotatable bonds is 2. The molecule has 0 radical (unpaired) electrons. The first-order valence-electron chi connectivity index (χ1n) is 8.43. The summed E-state index contributed by atoms with van der Waals surface area (Å²) >= 11 is 5.20. The molecule has 0 bridgehead atoms. The molecule has 2 heterocycles. The predicted molar refractivity (Wildman–Crippen MR) is 110 cm³/mol. The minimum absolute atomic E-state index is 0.160. The van der Waals surface area contributed by atoms with Crippen LogP contribution in [0.15, 0.2) is 64.4 Å². The van der Waals surface area contributed by atoms with E-state index >= 15 is 0 Å². The molecule has 6 heteroatoms. The molecule has 4 rings (SSSR count). The first kappa shape index (κ1) is 17.2. The molecule has 1 aromatic heterocycles. The van der Waals surface area contributed by atoms with Crippen molar-refractivity contribution in [2.75, 3.05) is 0 Å². The van der Waals surface area contributed by atoms with Gasteiger partial charge < -0.3 is 5.11 Å². The van der Waals surface area contributed by atoms with Gasteiger partial charge in [-0.2, -0.15) is 0 Å². The van der Waals surface area contributed by atoms with Crippen LogP contribution in [0.1, 0.15) is 16.7 Å². The Hall–Kier alpha value is -3.25. The van der Waals surface area contributed by atoms with Crippen LogP contribution in [-0.2, 0) is 14.1 Å². The van der Waals surface area contributed by atoms with Gasteiger partial charge in [-0.25, -0.2) is 4.99 Å². The molecule has 0 spiro atoms. The van der Waals surface area contributed by atoms with Crippen molar-refractivity contribution in [1.29, 1.82) is 0 Å². The maximum atomic E-state index is 12.7. The Bertz CT molecular complexity index is 1230. The second-order valence-electron chi connectivity index (χ2n) is 6.34. The summed E-state index contributed by atoms with van der Waals surface area (Å²) in [4.78, 5) is 17.5. The molecule has 0 atom stereocenters. The molecule has 0 saturated carbocycles. The fraction of sp³-hybridized carbons (Fsp3) is 0.0952.